The summed E-state index contributed by atoms with van der Waals surface area (Å²) >= 11 is 0. The second-order valence-electron chi connectivity index (χ2n) is 3.96. The van der Waals surface area contributed by atoms with Gasteiger partial charge in [-0.3, -0.25) is 0 Å². The van der Waals surface area contributed by atoms with Gasteiger partial charge in [0.15, 0.2) is 0 Å². The summed E-state index contributed by atoms with van der Waals surface area (Å²) in [5.41, 5.74) is 3.07. The van der Waals surface area contributed by atoms with Crippen LogP contribution in [0.25, 0.3) is 0 Å². The minimum Gasteiger partial charge on any atom is -0.0776 e. The van der Waals surface area contributed by atoms with Gasteiger partial charge in [-0.1, -0.05) is 66.3 Å². The molecule has 0 saturated carbocycles. The first-order chi connectivity index (χ1) is 6.25. The van der Waals surface area contributed by atoms with E-state index in [0.29, 0.717) is 5.92 Å². The second kappa shape index (κ2) is 8.52. The lowest BCUT2D eigenvalue weighted by atomic mass is 9.94. The summed E-state index contributed by atoms with van der Waals surface area (Å²) in [5, 5.41) is 0. The summed E-state index contributed by atoms with van der Waals surface area (Å²) in [6.45, 7) is 6.79. The highest BCUT2D eigenvalue weighted by Crippen LogP contribution is 2.20. The topological polar surface area (TPSA) is 0 Å². The van der Waals surface area contributed by atoms with E-state index in [2.05, 4.69) is 45.0 Å². The van der Waals surface area contributed by atoms with Crippen LogP contribution in [0.15, 0.2) is 24.3 Å². The molecule has 0 fully saturated rings. The lowest BCUT2D eigenvalue weighted by Crippen LogP contribution is -1.95. The van der Waals surface area contributed by atoms with Crippen LogP contribution in [0, 0.1) is 0 Å². The summed E-state index contributed by atoms with van der Waals surface area (Å²) in [7, 11) is 0. The van der Waals surface area contributed by atoms with Crippen molar-refractivity contribution in [1.82, 2.24) is 0 Å². The number of unbranched alkanes of at least 4 members (excludes halogenated alkanes) is 1. The van der Waals surface area contributed by atoms with Crippen molar-refractivity contribution in [2.24, 2.45) is 0 Å². The Kier molecular flexibility index (Phi) is 9.46. The first kappa shape index (κ1) is 16.6. The molecule has 0 aliphatic heterocycles. The van der Waals surface area contributed by atoms with Crippen LogP contribution < -0.4 is 0 Å². The van der Waals surface area contributed by atoms with Crippen molar-refractivity contribution < 1.29 is 0 Å². The van der Waals surface area contributed by atoms with Crippen LogP contribution in [0.4, 0.5) is 0 Å². The van der Waals surface area contributed by atoms with Gasteiger partial charge in [0.25, 0.3) is 0 Å². The molecule has 15 heavy (non-hydrogen) atoms. The molecule has 0 aromatic heterocycles. The fourth-order valence-corrected chi connectivity index (χ4v) is 1.69. The molecule has 0 heteroatoms. The Hall–Kier alpha value is -0.780. The van der Waals surface area contributed by atoms with E-state index in [0.717, 1.165) is 0 Å². The van der Waals surface area contributed by atoms with E-state index >= 15 is 0 Å². The van der Waals surface area contributed by atoms with Crippen LogP contribution in [-0.4, -0.2) is 0 Å². The smallest absolute Gasteiger partial charge is 0.0216 e. The van der Waals surface area contributed by atoms with Crippen molar-refractivity contribution in [3.8, 4) is 0 Å². The van der Waals surface area contributed by atoms with Crippen molar-refractivity contribution in [3.63, 3.8) is 0 Å². The van der Waals surface area contributed by atoms with Gasteiger partial charge in [-0.15, -0.1) is 0 Å². The molecule has 0 nitrogen and oxygen atoms in total. The Morgan fingerprint density at radius 1 is 1.07 bits per heavy atom. The number of hydrogen-bond donors (Lipinski definition) is 0. The molecule has 0 saturated heterocycles. The number of hydrogen-bond acceptors (Lipinski definition) is 0. The summed E-state index contributed by atoms with van der Waals surface area (Å²) < 4.78 is 0. The molecule has 0 heterocycles. The van der Waals surface area contributed by atoms with Crippen LogP contribution in [0.3, 0.4) is 0 Å². The first-order valence-corrected chi connectivity index (χ1v) is 5.33. The second-order valence-corrected chi connectivity index (χ2v) is 3.96. The molecule has 0 aliphatic carbocycles. The van der Waals surface area contributed by atoms with E-state index in [-0.39, 0.29) is 14.9 Å². The van der Waals surface area contributed by atoms with Crippen LogP contribution in [0.5, 0.6) is 0 Å². The van der Waals surface area contributed by atoms with E-state index in [1.54, 1.807) is 5.56 Å². The quantitative estimate of drug-likeness (QED) is 0.619. The van der Waals surface area contributed by atoms with Gasteiger partial charge in [0.2, 0.25) is 0 Å². The van der Waals surface area contributed by atoms with Gasteiger partial charge in [0.05, 0.1) is 0 Å². The van der Waals surface area contributed by atoms with E-state index in [1.807, 2.05) is 0 Å². The molecule has 1 aromatic rings. The maximum atomic E-state index is 2.27. The normalized spacial score (nSPS) is 9.33. The number of benzene rings is 1. The zero-order chi connectivity index (χ0) is 9.68. The molecule has 0 unspecified atom stereocenters. The summed E-state index contributed by atoms with van der Waals surface area (Å²) in [6.07, 6.45) is 3.83. The van der Waals surface area contributed by atoms with Crippen LogP contribution in [0.1, 0.15) is 65.5 Å². The van der Waals surface area contributed by atoms with E-state index in [9.17, 15) is 0 Å². The van der Waals surface area contributed by atoms with Crippen molar-refractivity contribution in [3.05, 3.63) is 35.4 Å². The van der Waals surface area contributed by atoms with Gasteiger partial charge < -0.3 is 0 Å². The Balaban J connectivity index is 0. The Morgan fingerprint density at radius 2 is 1.67 bits per heavy atom. The largest absolute Gasteiger partial charge is 0.0776 e. The van der Waals surface area contributed by atoms with Crippen molar-refractivity contribution in [2.45, 2.75) is 60.8 Å². The zero-order valence-electron chi connectivity index (χ0n) is 9.01. The van der Waals surface area contributed by atoms with Crippen molar-refractivity contribution >= 4 is 0 Å². The van der Waals surface area contributed by atoms with Crippen molar-refractivity contribution in [1.29, 1.82) is 0 Å². The highest BCUT2D eigenvalue weighted by molar-refractivity contribution is 5.29. The molecule has 0 amide bonds. The monoisotopic (exact) mass is 208 g/mol. The molecular weight excluding hydrogens is 180 g/mol. The standard InChI is InChI=1S/C13H20.2CH4/c1-4-5-8-12-9-6-7-10-13(12)11(2)3;;/h6-7,9-11H,4-5,8H2,1-3H3;2*1H4. The molecular formula is C15H28. The van der Waals surface area contributed by atoms with Crippen LogP contribution in [-0.2, 0) is 6.42 Å². The molecule has 0 radical (unpaired) electrons. The van der Waals surface area contributed by atoms with E-state index < -0.39 is 0 Å². The van der Waals surface area contributed by atoms with Gasteiger partial charge in [-0.2, -0.15) is 0 Å². The summed E-state index contributed by atoms with van der Waals surface area (Å²) in [5.74, 6) is 0.660. The summed E-state index contributed by atoms with van der Waals surface area (Å²) in [6, 6.07) is 8.82. The van der Waals surface area contributed by atoms with Gasteiger partial charge in [0, 0.05) is 0 Å². The average molecular weight is 208 g/mol. The molecule has 0 aliphatic rings. The third-order valence-corrected chi connectivity index (χ3v) is 2.48. The minimum atomic E-state index is 0. The molecule has 0 N–H and O–H groups in total. The number of rotatable bonds is 4. The van der Waals surface area contributed by atoms with Gasteiger partial charge >= 0.3 is 0 Å². The molecule has 0 bridgehead atoms. The Labute approximate surface area is 96.7 Å². The fraction of sp³-hybridized carbons (Fsp3) is 0.600. The molecule has 1 rings (SSSR count). The van der Waals surface area contributed by atoms with E-state index in [4.69, 9.17) is 0 Å². The molecule has 1 aromatic carbocycles. The zero-order valence-corrected chi connectivity index (χ0v) is 9.01. The highest BCUT2D eigenvalue weighted by atomic mass is 14.1. The lowest BCUT2D eigenvalue weighted by Gasteiger charge is -2.11. The SMILES string of the molecule is C.C.CCCCc1ccccc1C(C)C. The molecule has 0 spiro atoms. The van der Waals surface area contributed by atoms with Gasteiger partial charge in [0.1, 0.15) is 0 Å². The Morgan fingerprint density at radius 3 is 2.20 bits per heavy atom. The van der Waals surface area contributed by atoms with Crippen LogP contribution in [0.2, 0.25) is 0 Å². The predicted octanol–water partition coefficient (Wildman–Crippen LogP) is 5.42. The maximum absolute atomic E-state index is 2.27. The average Bonchev–Trinajstić information content (AvgIpc) is 2.15. The van der Waals surface area contributed by atoms with E-state index in [1.165, 1.54) is 24.8 Å². The Bertz CT molecular complexity index is 248. The molecule has 0 atom stereocenters. The maximum Gasteiger partial charge on any atom is -0.0216 e. The minimum absolute atomic E-state index is 0. The van der Waals surface area contributed by atoms with Crippen molar-refractivity contribution in [2.75, 3.05) is 0 Å². The lowest BCUT2D eigenvalue weighted by molar-refractivity contribution is 0.767. The number of aryl methyl sites for hydroxylation is 1. The first-order valence-electron chi connectivity index (χ1n) is 5.33. The molecule has 88 valence electrons. The van der Waals surface area contributed by atoms with Crippen LogP contribution >= 0.6 is 0 Å². The third-order valence-electron chi connectivity index (χ3n) is 2.48. The highest BCUT2D eigenvalue weighted by Gasteiger charge is 2.04. The van der Waals surface area contributed by atoms with Gasteiger partial charge in [-0.05, 0) is 29.9 Å². The van der Waals surface area contributed by atoms with Gasteiger partial charge in [-0.25, -0.2) is 0 Å². The summed E-state index contributed by atoms with van der Waals surface area (Å²) in [4.78, 5) is 0. The third kappa shape index (κ3) is 5.01. The predicted molar refractivity (Wildman–Crippen MR) is 72.6 cm³/mol. The fourth-order valence-electron chi connectivity index (χ4n) is 1.69.